The molecule has 0 radical (unpaired) electrons. The second kappa shape index (κ2) is 6.52. The Morgan fingerprint density at radius 1 is 1.12 bits per heavy atom. The van der Waals surface area contributed by atoms with Gasteiger partial charge in [0.05, 0.1) is 17.2 Å². The van der Waals surface area contributed by atoms with Crippen molar-refractivity contribution in [3.63, 3.8) is 0 Å². The standard InChI is InChI=1S/C17H18N2O4S/c1-2-23-14-6-8-15(9-7-14)24(21,22)19-13-5-3-12-4-10-17(20)18-16(12)11-13/h3,5-9,11,19H,2,4,10H2,1H3,(H,18,20). The number of ether oxygens (including phenoxy) is 1. The Bertz CT molecular complexity index is 861. The first-order valence-corrected chi connectivity index (χ1v) is 9.15. The maximum absolute atomic E-state index is 12.5. The van der Waals surface area contributed by atoms with Gasteiger partial charge in [-0.15, -0.1) is 0 Å². The second-order valence-corrected chi connectivity index (χ2v) is 7.11. The minimum atomic E-state index is -3.70. The fourth-order valence-corrected chi connectivity index (χ4v) is 3.58. The number of fused-ring (bicyclic) bond motifs is 1. The zero-order valence-corrected chi connectivity index (χ0v) is 14.0. The van der Waals surface area contributed by atoms with E-state index < -0.39 is 10.0 Å². The molecule has 0 bridgehead atoms. The highest BCUT2D eigenvalue weighted by Crippen LogP contribution is 2.27. The number of rotatable bonds is 5. The molecule has 7 heteroatoms. The van der Waals surface area contributed by atoms with Crippen LogP contribution in [-0.2, 0) is 21.2 Å². The van der Waals surface area contributed by atoms with Crippen LogP contribution in [0.4, 0.5) is 11.4 Å². The van der Waals surface area contributed by atoms with Gasteiger partial charge < -0.3 is 10.1 Å². The topological polar surface area (TPSA) is 84.5 Å². The van der Waals surface area contributed by atoms with Crippen LogP contribution in [0, 0.1) is 0 Å². The van der Waals surface area contributed by atoms with Gasteiger partial charge in [-0.25, -0.2) is 8.42 Å². The van der Waals surface area contributed by atoms with E-state index in [1.54, 1.807) is 24.3 Å². The molecule has 0 saturated carbocycles. The van der Waals surface area contributed by atoms with Crippen molar-refractivity contribution in [1.82, 2.24) is 0 Å². The third-order valence-electron chi connectivity index (χ3n) is 3.70. The van der Waals surface area contributed by atoms with Gasteiger partial charge in [-0.3, -0.25) is 9.52 Å². The summed E-state index contributed by atoms with van der Waals surface area (Å²) in [6.07, 6.45) is 1.11. The molecule has 2 N–H and O–H groups in total. The van der Waals surface area contributed by atoms with E-state index in [4.69, 9.17) is 4.74 Å². The summed E-state index contributed by atoms with van der Waals surface area (Å²) in [7, 11) is -3.70. The van der Waals surface area contributed by atoms with Crippen molar-refractivity contribution in [2.45, 2.75) is 24.7 Å². The molecule has 1 aliphatic rings. The highest BCUT2D eigenvalue weighted by atomic mass is 32.2. The molecule has 2 aromatic rings. The smallest absolute Gasteiger partial charge is 0.261 e. The summed E-state index contributed by atoms with van der Waals surface area (Å²) in [5, 5.41) is 2.76. The van der Waals surface area contributed by atoms with Crippen molar-refractivity contribution in [1.29, 1.82) is 0 Å². The van der Waals surface area contributed by atoms with Gasteiger partial charge in [0.25, 0.3) is 10.0 Å². The molecule has 3 rings (SSSR count). The van der Waals surface area contributed by atoms with Gasteiger partial charge in [-0.2, -0.15) is 0 Å². The molecule has 2 aromatic carbocycles. The van der Waals surface area contributed by atoms with Gasteiger partial charge in [0, 0.05) is 12.1 Å². The molecule has 1 aliphatic heterocycles. The lowest BCUT2D eigenvalue weighted by atomic mass is 10.0. The van der Waals surface area contributed by atoms with E-state index in [1.807, 2.05) is 13.0 Å². The predicted molar refractivity (Wildman–Crippen MR) is 91.8 cm³/mol. The number of sulfonamides is 1. The zero-order valence-electron chi connectivity index (χ0n) is 13.2. The molecule has 1 heterocycles. The second-order valence-electron chi connectivity index (χ2n) is 5.43. The van der Waals surface area contributed by atoms with Gasteiger partial charge in [-0.1, -0.05) is 6.07 Å². The van der Waals surface area contributed by atoms with E-state index in [0.717, 1.165) is 5.56 Å². The molecule has 1 amide bonds. The fourth-order valence-electron chi connectivity index (χ4n) is 2.53. The molecule has 6 nitrogen and oxygen atoms in total. The van der Waals surface area contributed by atoms with Crippen molar-refractivity contribution in [2.24, 2.45) is 0 Å². The van der Waals surface area contributed by atoms with E-state index in [1.165, 1.54) is 12.1 Å². The number of anilines is 2. The fraction of sp³-hybridized carbons (Fsp3) is 0.235. The number of benzene rings is 2. The summed E-state index contributed by atoms with van der Waals surface area (Å²) in [5.74, 6) is 0.557. The zero-order chi connectivity index (χ0) is 17.2. The summed E-state index contributed by atoms with van der Waals surface area (Å²) in [5.41, 5.74) is 2.06. The third kappa shape index (κ3) is 3.51. The van der Waals surface area contributed by atoms with Gasteiger partial charge in [-0.05, 0) is 55.3 Å². The van der Waals surface area contributed by atoms with Crippen molar-refractivity contribution < 1.29 is 17.9 Å². The van der Waals surface area contributed by atoms with Crippen LogP contribution in [0.3, 0.4) is 0 Å². The summed E-state index contributed by atoms with van der Waals surface area (Å²) in [6, 6.07) is 11.4. The summed E-state index contributed by atoms with van der Waals surface area (Å²) < 4.78 is 32.8. The van der Waals surface area contributed by atoms with Gasteiger partial charge in [0.1, 0.15) is 5.75 Å². The van der Waals surface area contributed by atoms with Crippen molar-refractivity contribution in [3.05, 3.63) is 48.0 Å². The molecule has 0 fully saturated rings. The monoisotopic (exact) mass is 346 g/mol. The quantitative estimate of drug-likeness (QED) is 0.872. The normalized spacial score (nSPS) is 13.8. The van der Waals surface area contributed by atoms with Crippen molar-refractivity contribution in [3.8, 4) is 5.75 Å². The Morgan fingerprint density at radius 3 is 2.58 bits per heavy atom. The Kier molecular flexibility index (Phi) is 4.44. The number of amides is 1. The number of aryl methyl sites for hydroxylation is 1. The summed E-state index contributed by atoms with van der Waals surface area (Å²) >= 11 is 0. The Hall–Kier alpha value is -2.54. The number of hydrogen-bond acceptors (Lipinski definition) is 4. The SMILES string of the molecule is CCOc1ccc(S(=O)(=O)Nc2ccc3c(c2)NC(=O)CC3)cc1. The van der Waals surface area contributed by atoms with Gasteiger partial charge in [0.2, 0.25) is 5.91 Å². The minimum Gasteiger partial charge on any atom is -0.494 e. The first-order chi connectivity index (χ1) is 11.5. The van der Waals surface area contributed by atoms with Crippen LogP contribution < -0.4 is 14.8 Å². The first-order valence-electron chi connectivity index (χ1n) is 7.66. The highest BCUT2D eigenvalue weighted by Gasteiger charge is 2.18. The van der Waals surface area contributed by atoms with Crippen LogP contribution in [0.5, 0.6) is 5.75 Å². The van der Waals surface area contributed by atoms with Crippen molar-refractivity contribution in [2.75, 3.05) is 16.6 Å². The van der Waals surface area contributed by atoms with Crippen LogP contribution in [0.15, 0.2) is 47.4 Å². The molecule has 0 aromatic heterocycles. The summed E-state index contributed by atoms with van der Waals surface area (Å²) in [6.45, 7) is 2.38. The van der Waals surface area contributed by atoms with E-state index >= 15 is 0 Å². The van der Waals surface area contributed by atoms with Crippen LogP contribution in [-0.4, -0.2) is 20.9 Å². The molecule has 0 aliphatic carbocycles. The van der Waals surface area contributed by atoms with Gasteiger partial charge >= 0.3 is 0 Å². The number of nitrogens with one attached hydrogen (secondary N) is 2. The number of hydrogen-bond donors (Lipinski definition) is 2. The maximum atomic E-state index is 12.5. The van der Waals surface area contributed by atoms with Crippen molar-refractivity contribution >= 4 is 27.3 Å². The third-order valence-corrected chi connectivity index (χ3v) is 5.10. The van der Waals surface area contributed by atoms with Crippen LogP contribution in [0.25, 0.3) is 0 Å². The van der Waals surface area contributed by atoms with Crippen LogP contribution >= 0.6 is 0 Å². The number of carbonyl (C=O) groups excluding carboxylic acids is 1. The van der Waals surface area contributed by atoms with E-state index in [2.05, 4.69) is 10.0 Å². The molecule has 126 valence electrons. The van der Waals surface area contributed by atoms with Crippen LogP contribution in [0.1, 0.15) is 18.9 Å². The largest absolute Gasteiger partial charge is 0.494 e. The molecule has 0 saturated heterocycles. The lowest BCUT2D eigenvalue weighted by Crippen LogP contribution is -2.19. The minimum absolute atomic E-state index is 0.0611. The predicted octanol–water partition coefficient (Wildman–Crippen LogP) is 2.77. The molecule has 0 unspecified atom stereocenters. The molecule has 0 spiro atoms. The molecule has 24 heavy (non-hydrogen) atoms. The van der Waals surface area contributed by atoms with Crippen LogP contribution in [0.2, 0.25) is 0 Å². The summed E-state index contributed by atoms with van der Waals surface area (Å²) in [4.78, 5) is 11.6. The van der Waals surface area contributed by atoms with E-state index in [0.29, 0.717) is 36.6 Å². The van der Waals surface area contributed by atoms with Gasteiger partial charge in [0.15, 0.2) is 0 Å². The number of carbonyl (C=O) groups is 1. The average Bonchev–Trinajstić information content (AvgIpc) is 2.55. The Balaban J connectivity index is 1.81. The maximum Gasteiger partial charge on any atom is 0.261 e. The average molecular weight is 346 g/mol. The Labute approximate surface area is 140 Å². The molecular formula is C17H18N2O4S. The first kappa shape index (κ1) is 16.3. The van der Waals surface area contributed by atoms with E-state index in [9.17, 15) is 13.2 Å². The molecular weight excluding hydrogens is 328 g/mol. The van der Waals surface area contributed by atoms with E-state index in [-0.39, 0.29) is 10.8 Å². The highest BCUT2D eigenvalue weighted by molar-refractivity contribution is 7.92. The lowest BCUT2D eigenvalue weighted by Gasteiger charge is -2.18. The molecule has 0 atom stereocenters. The Morgan fingerprint density at radius 2 is 1.88 bits per heavy atom. The lowest BCUT2D eigenvalue weighted by molar-refractivity contribution is -0.116.